The van der Waals surface area contributed by atoms with Gasteiger partial charge in [-0.25, -0.2) is 0 Å². The molecule has 154 valence electrons. The summed E-state index contributed by atoms with van der Waals surface area (Å²) in [7, 11) is 0. The van der Waals surface area contributed by atoms with E-state index in [2.05, 4.69) is 9.80 Å². The smallest absolute Gasteiger partial charge is 0.0571 e. The Morgan fingerprint density at radius 2 is 0.731 bits per heavy atom. The van der Waals surface area contributed by atoms with Crippen molar-refractivity contribution in [2.45, 2.75) is 115 Å². The third-order valence-corrected chi connectivity index (χ3v) is 6.47. The second kappa shape index (κ2) is 13.9. The fourth-order valence-electron chi connectivity index (χ4n) is 4.63. The van der Waals surface area contributed by atoms with E-state index < -0.39 is 0 Å². The van der Waals surface area contributed by atoms with Crippen LogP contribution in [0.1, 0.15) is 103 Å². The maximum Gasteiger partial charge on any atom is 0.0571 e. The highest BCUT2D eigenvalue weighted by atomic mass is 15.2. The zero-order valence-electron chi connectivity index (χ0n) is 17.3. The number of hydrogen-bond acceptors (Lipinski definition) is 4. The summed E-state index contributed by atoms with van der Waals surface area (Å²) in [6.07, 6.45) is 22.3. The van der Waals surface area contributed by atoms with Gasteiger partial charge in [0, 0.05) is 0 Å². The molecular weight excluding hydrogens is 320 g/mol. The van der Waals surface area contributed by atoms with Gasteiger partial charge in [0.1, 0.15) is 0 Å². The van der Waals surface area contributed by atoms with Gasteiger partial charge in [-0.3, -0.25) is 9.80 Å². The van der Waals surface area contributed by atoms with Crippen LogP contribution in [-0.2, 0) is 0 Å². The van der Waals surface area contributed by atoms with Crippen LogP contribution in [-0.4, -0.2) is 48.3 Å². The molecule has 2 atom stereocenters. The van der Waals surface area contributed by atoms with Gasteiger partial charge in [0.05, 0.1) is 12.3 Å². The summed E-state index contributed by atoms with van der Waals surface area (Å²) in [5.41, 5.74) is 12.5. The first-order valence-corrected chi connectivity index (χ1v) is 11.8. The predicted octanol–water partition coefficient (Wildman–Crippen LogP) is 4.43. The van der Waals surface area contributed by atoms with Gasteiger partial charge >= 0.3 is 0 Å². The molecular formula is C22H46N4. The van der Waals surface area contributed by atoms with Crippen molar-refractivity contribution >= 4 is 0 Å². The number of rotatable bonds is 15. The average molecular weight is 367 g/mol. The predicted molar refractivity (Wildman–Crippen MR) is 113 cm³/mol. The fraction of sp³-hybridized carbons (Fsp3) is 1.00. The minimum absolute atomic E-state index is 0.330. The van der Waals surface area contributed by atoms with Crippen LogP contribution in [0.5, 0.6) is 0 Å². The van der Waals surface area contributed by atoms with Crippen molar-refractivity contribution in [2.75, 3.05) is 26.2 Å². The van der Waals surface area contributed by atoms with Gasteiger partial charge < -0.3 is 11.5 Å². The maximum absolute atomic E-state index is 6.27. The Hall–Kier alpha value is -0.160. The van der Waals surface area contributed by atoms with E-state index in [4.69, 9.17) is 11.5 Å². The molecule has 2 aliphatic rings. The molecule has 2 fully saturated rings. The number of unbranched alkanes of at least 4 members (excludes halogenated alkanes) is 9. The largest absolute Gasteiger partial charge is 0.316 e. The molecule has 2 rings (SSSR count). The van der Waals surface area contributed by atoms with Gasteiger partial charge in [-0.1, -0.05) is 64.2 Å². The molecule has 0 radical (unpaired) electrons. The Morgan fingerprint density at radius 1 is 0.462 bits per heavy atom. The van der Waals surface area contributed by atoms with Crippen LogP contribution in [0.3, 0.4) is 0 Å². The Kier molecular flexibility index (Phi) is 11.9. The lowest BCUT2D eigenvalue weighted by Crippen LogP contribution is -2.39. The first kappa shape index (κ1) is 22.1. The van der Waals surface area contributed by atoms with Crippen LogP contribution in [0.4, 0.5) is 0 Å². The van der Waals surface area contributed by atoms with E-state index >= 15 is 0 Å². The van der Waals surface area contributed by atoms with Gasteiger partial charge in [0.25, 0.3) is 0 Å². The third kappa shape index (κ3) is 9.16. The molecule has 2 saturated heterocycles. The molecule has 4 N–H and O–H groups in total. The van der Waals surface area contributed by atoms with Crippen LogP contribution in [0, 0.1) is 0 Å². The number of hydrogen-bond donors (Lipinski definition) is 2. The maximum atomic E-state index is 6.27. The Labute approximate surface area is 163 Å². The quantitative estimate of drug-likeness (QED) is 0.421. The molecule has 26 heavy (non-hydrogen) atoms. The summed E-state index contributed by atoms with van der Waals surface area (Å²) in [4.78, 5) is 4.94. The topological polar surface area (TPSA) is 58.5 Å². The molecule has 4 heteroatoms. The Balaban J connectivity index is 1.28. The average Bonchev–Trinajstić information content (AvgIpc) is 3.35. The lowest BCUT2D eigenvalue weighted by atomic mass is 10.0. The molecule has 0 spiro atoms. The lowest BCUT2D eigenvalue weighted by molar-refractivity contribution is 0.230. The molecule has 0 aliphatic carbocycles. The minimum Gasteiger partial charge on any atom is -0.316 e. The van der Waals surface area contributed by atoms with Crippen LogP contribution < -0.4 is 11.5 Å². The summed E-state index contributed by atoms with van der Waals surface area (Å²) >= 11 is 0. The second-order valence-electron chi connectivity index (χ2n) is 8.73. The molecule has 4 nitrogen and oxygen atoms in total. The highest BCUT2D eigenvalue weighted by Crippen LogP contribution is 2.16. The third-order valence-electron chi connectivity index (χ3n) is 6.47. The van der Waals surface area contributed by atoms with Gasteiger partial charge in [-0.05, 0) is 64.7 Å². The van der Waals surface area contributed by atoms with E-state index in [1.807, 2.05) is 0 Å². The summed E-state index contributed by atoms with van der Waals surface area (Å²) in [6.45, 7) is 4.91. The zero-order valence-corrected chi connectivity index (χ0v) is 17.3. The van der Waals surface area contributed by atoms with Crippen molar-refractivity contribution in [2.24, 2.45) is 11.5 Å². The van der Waals surface area contributed by atoms with Gasteiger partial charge in [-0.15, -0.1) is 0 Å². The summed E-state index contributed by atoms with van der Waals surface area (Å²) in [5.74, 6) is 0. The van der Waals surface area contributed by atoms with Crippen LogP contribution in [0.2, 0.25) is 0 Å². The van der Waals surface area contributed by atoms with E-state index in [-0.39, 0.29) is 0 Å². The van der Waals surface area contributed by atoms with Gasteiger partial charge in [0.2, 0.25) is 0 Å². The summed E-state index contributed by atoms with van der Waals surface area (Å²) in [5, 5.41) is 0. The van der Waals surface area contributed by atoms with Crippen molar-refractivity contribution in [1.82, 2.24) is 9.80 Å². The first-order chi connectivity index (χ1) is 12.8. The zero-order chi connectivity index (χ0) is 18.5. The van der Waals surface area contributed by atoms with Crippen LogP contribution in [0.15, 0.2) is 0 Å². The van der Waals surface area contributed by atoms with E-state index in [0.29, 0.717) is 12.3 Å². The van der Waals surface area contributed by atoms with Crippen molar-refractivity contribution < 1.29 is 0 Å². The van der Waals surface area contributed by atoms with Crippen LogP contribution in [0.25, 0.3) is 0 Å². The van der Waals surface area contributed by atoms with Gasteiger partial charge in [0.15, 0.2) is 0 Å². The SMILES string of the molecule is NC(CCCCCCCCCCCCC(N)N1CCCC1)N1CCCC1. The standard InChI is InChI=1S/C22H46N4/c23-21(25-17-11-12-18-25)15-9-7-5-3-1-2-4-6-8-10-16-22(24)26-19-13-14-20-26/h21-22H,1-20,23-24H2. The highest BCUT2D eigenvalue weighted by molar-refractivity contribution is 4.72. The molecule has 0 aromatic heterocycles. The molecule has 0 amide bonds. The second-order valence-corrected chi connectivity index (χ2v) is 8.73. The van der Waals surface area contributed by atoms with Crippen molar-refractivity contribution in [3.8, 4) is 0 Å². The lowest BCUT2D eigenvalue weighted by Gasteiger charge is -2.23. The molecule has 2 unspecified atom stereocenters. The minimum atomic E-state index is 0.330. The molecule has 0 aromatic carbocycles. The van der Waals surface area contributed by atoms with Crippen molar-refractivity contribution in [3.05, 3.63) is 0 Å². The monoisotopic (exact) mass is 366 g/mol. The van der Waals surface area contributed by atoms with Crippen molar-refractivity contribution in [1.29, 1.82) is 0 Å². The first-order valence-electron chi connectivity index (χ1n) is 11.8. The number of nitrogens with two attached hydrogens (primary N) is 2. The molecule has 2 heterocycles. The van der Waals surface area contributed by atoms with E-state index in [9.17, 15) is 0 Å². The summed E-state index contributed by atoms with van der Waals surface area (Å²) < 4.78 is 0. The summed E-state index contributed by atoms with van der Waals surface area (Å²) in [6, 6.07) is 0. The highest BCUT2D eigenvalue weighted by Gasteiger charge is 2.18. The molecule has 2 aliphatic heterocycles. The number of likely N-dealkylation sites (tertiary alicyclic amines) is 2. The van der Waals surface area contributed by atoms with Gasteiger partial charge in [-0.2, -0.15) is 0 Å². The Bertz CT molecular complexity index is 292. The Morgan fingerprint density at radius 3 is 1.04 bits per heavy atom. The van der Waals surface area contributed by atoms with E-state index in [1.165, 1.54) is 129 Å². The van der Waals surface area contributed by atoms with E-state index in [1.54, 1.807) is 0 Å². The van der Waals surface area contributed by atoms with E-state index in [0.717, 1.165) is 0 Å². The molecule has 0 bridgehead atoms. The van der Waals surface area contributed by atoms with Crippen molar-refractivity contribution in [3.63, 3.8) is 0 Å². The molecule has 0 aromatic rings. The molecule has 0 saturated carbocycles. The van der Waals surface area contributed by atoms with Crippen LogP contribution >= 0.6 is 0 Å². The number of nitrogens with zero attached hydrogens (tertiary/aromatic N) is 2. The normalized spacial score (nSPS) is 21.5. The fourth-order valence-corrected chi connectivity index (χ4v) is 4.63.